The zero-order chi connectivity index (χ0) is 12.3. The van der Waals surface area contributed by atoms with Gasteiger partial charge in [-0.1, -0.05) is 18.2 Å². The molecule has 2 aromatic rings. The highest BCUT2D eigenvalue weighted by Crippen LogP contribution is 2.21. The fourth-order valence-corrected chi connectivity index (χ4v) is 1.70. The van der Waals surface area contributed by atoms with Crippen LogP contribution < -0.4 is 5.73 Å². The molecule has 4 heteroatoms. The Kier molecular flexibility index (Phi) is 3.35. The first-order valence-electron chi connectivity index (χ1n) is 5.29. The second-order valence-corrected chi connectivity index (χ2v) is 3.83. The summed E-state index contributed by atoms with van der Waals surface area (Å²) >= 11 is 0. The molecule has 0 saturated heterocycles. The van der Waals surface area contributed by atoms with E-state index >= 15 is 0 Å². The Bertz CT molecular complexity index is 516. The molecule has 0 aliphatic heterocycles. The van der Waals surface area contributed by atoms with E-state index in [1.165, 1.54) is 6.07 Å². The Balaban J connectivity index is 2.17. The van der Waals surface area contributed by atoms with Gasteiger partial charge >= 0.3 is 0 Å². The zero-order valence-electron chi connectivity index (χ0n) is 9.18. The number of anilines is 1. The van der Waals surface area contributed by atoms with Gasteiger partial charge in [-0.05, 0) is 23.8 Å². The maximum absolute atomic E-state index is 13.4. The van der Waals surface area contributed by atoms with Crippen molar-refractivity contribution < 1.29 is 9.50 Å². The number of pyridine rings is 1. The molecule has 1 unspecified atom stereocenters. The number of hydrogen-bond acceptors (Lipinski definition) is 3. The summed E-state index contributed by atoms with van der Waals surface area (Å²) in [5, 5.41) is 9.94. The maximum atomic E-state index is 13.4. The van der Waals surface area contributed by atoms with Crippen molar-refractivity contribution >= 4 is 5.82 Å². The summed E-state index contributed by atoms with van der Waals surface area (Å²) in [6.45, 7) is 0. The van der Waals surface area contributed by atoms with Crippen LogP contribution in [0.15, 0.2) is 42.6 Å². The van der Waals surface area contributed by atoms with Gasteiger partial charge in [0.25, 0.3) is 0 Å². The van der Waals surface area contributed by atoms with Crippen LogP contribution in [0.3, 0.4) is 0 Å². The van der Waals surface area contributed by atoms with Crippen LogP contribution in [0.25, 0.3) is 0 Å². The van der Waals surface area contributed by atoms with Gasteiger partial charge in [-0.25, -0.2) is 9.37 Å². The van der Waals surface area contributed by atoms with Gasteiger partial charge in [-0.2, -0.15) is 0 Å². The van der Waals surface area contributed by atoms with E-state index < -0.39 is 11.9 Å². The van der Waals surface area contributed by atoms with Crippen LogP contribution in [0.2, 0.25) is 0 Å². The Morgan fingerprint density at radius 2 is 2.06 bits per heavy atom. The highest BCUT2D eigenvalue weighted by molar-refractivity contribution is 5.33. The van der Waals surface area contributed by atoms with E-state index in [1.807, 2.05) is 0 Å². The second-order valence-electron chi connectivity index (χ2n) is 3.83. The normalized spacial score (nSPS) is 12.4. The molecule has 1 atom stereocenters. The van der Waals surface area contributed by atoms with E-state index in [4.69, 9.17) is 5.73 Å². The monoisotopic (exact) mass is 232 g/mol. The first-order valence-corrected chi connectivity index (χ1v) is 5.29. The highest BCUT2D eigenvalue weighted by Gasteiger charge is 2.12. The predicted octanol–water partition coefficient (Wildman–Crippen LogP) is 2.08. The Labute approximate surface area is 98.7 Å². The molecule has 0 radical (unpaired) electrons. The molecule has 0 aliphatic carbocycles. The SMILES string of the molecule is Nc1cc(CC(O)c2ccccc2F)ccn1. The highest BCUT2D eigenvalue weighted by atomic mass is 19.1. The summed E-state index contributed by atoms with van der Waals surface area (Å²) in [5.74, 6) is -0.00902. The first kappa shape index (κ1) is 11.5. The van der Waals surface area contributed by atoms with Crippen LogP contribution in [0.4, 0.5) is 10.2 Å². The van der Waals surface area contributed by atoms with E-state index in [-0.39, 0.29) is 0 Å². The lowest BCUT2D eigenvalue weighted by Crippen LogP contribution is -2.04. The topological polar surface area (TPSA) is 59.1 Å². The summed E-state index contributed by atoms with van der Waals surface area (Å²) in [5.41, 5.74) is 6.66. The first-order chi connectivity index (χ1) is 8.16. The molecule has 0 aliphatic rings. The molecule has 0 spiro atoms. The van der Waals surface area contributed by atoms with Gasteiger partial charge in [0, 0.05) is 18.2 Å². The third kappa shape index (κ3) is 2.79. The van der Waals surface area contributed by atoms with Crippen LogP contribution in [-0.2, 0) is 6.42 Å². The van der Waals surface area contributed by atoms with Crippen LogP contribution in [-0.4, -0.2) is 10.1 Å². The lowest BCUT2D eigenvalue weighted by Gasteiger charge is -2.12. The van der Waals surface area contributed by atoms with Crippen molar-refractivity contribution in [1.82, 2.24) is 4.98 Å². The molecule has 3 N–H and O–H groups in total. The summed E-state index contributed by atoms with van der Waals surface area (Å²) in [6, 6.07) is 9.62. The molecule has 88 valence electrons. The van der Waals surface area contributed by atoms with E-state index in [1.54, 1.807) is 36.5 Å². The molecule has 2 rings (SSSR count). The van der Waals surface area contributed by atoms with Crippen LogP contribution in [0, 0.1) is 5.82 Å². The van der Waals surface area contributed by atoms with Crippen LogP contribution >= 0.6 is 0 Å². The Morgan fingerprint density at radius 3 is 2.76 bits per heavy atom. The van der Waals surface area contributed by atoms with Crippen molar-refractivity contribution in [2.75, 3.05) is 5.73 Å². The number of aromatic nitrogens is 1. The summed E-state index contributed by atoms with van der Waals surface area (Å²) in [6.07, 6.45) is 1.00. The van der Waals surface area contributed by atoms with Gasteiger partial charge in [0.15, 0.2) is 0 Å². The Hall–Kier alpha value is -1.94. The molecular weight excluding hydrogens is 219 g/mol. The predicted molar refractivity (Wildman–Crippen MR) is 63.7 cm³/mol. The largest absolute Gasteiger partial charge is 0.388 e. The van der Waals surface area contributed by atoms with Crippen LogP contribution in [0.5, 0.6) is 0 Å². The molecule has 3 nitrogen and oxygen atoms in total. The fraction of sp³-hybridized carbons (Fsp3) is 0.154. The quantitative estimate of drug-likeness (QED) is 0.851. The average Bonchev–Trinajstić information content (AvgIpc) is 2.29. The number of hydrogen-bond donors (Lipinski definition) is 2. The molecule has 1 aromatic carbocycles. The van der Waals surface area contributed by atoms with Gasteiger partial charge in [-0.15, -0.1) is 0 Å². The van der Waals surface area contributed by atoms with Crippen molar-refractivity contribution in [3.8, 4) is 0 Å². The lowest BCUT2D eigenvalue weighted by molar-refractivity contribution is 0.173. The van der Waals surface area contributed by atoms with E-state index in [9.17, 15) is 9.50 Å². The van der Waals surface area contributed by atoms with Crippen molar-refractivity contribution in [3.63, 3.8) is 0 Å². The molecule has 0 amide bonds. The smallest absolute Gasteiger partial charge is 0.129 e. The van der Waals surface area contributed by atoms with Crippen LogP contribution in [0.1, 0.15) is 17.2 Å². The van der Waals surface area contributed by atoms with Gasteiger partial charge in [-0.3, -0.25) is 0 Å². The standard InChI is InChI=1S/C13H13FN2O/c14-11-4-2-1-3-10(11)12(17)7-9-5-6-16-13(15)8-9/h1-6,8,12,17H,7H2,(H2,15,16). The van der Waals surface area contributed by atoms with E-state index in [2.05, 4.69) is 4.98 Å². The minimum atomic E-state index is -0.877. The van der Waals surface area contributed by atoms with Gasteiger partial charge in [0.05, 0.1) is 6.10 Å². The number of benzene rings is 1. The molecule has 1 aromatic heterocycles. The van der Waals surface area contributed by atoms with Crippen molar-refractivity contribution in [3.05, 3.63) is 59.5 Å². The summed E-state index contributed by atoms with van der Waals surface area (Å²) in [4.78, 5) is 3.86. The fourth-order valence-electron chi connectivity index (χ4n) is 1.70. The van der Waals surface area contributed by atoms with Crippen molar-refractivity contribution in [2.45, 2.75) is 12.5 Å². The number of rotatable bonds is 3. The molecule has 0 bridgehead atoms. The summed E-state index contributed by atoms with van der Waals surface area (Å²) < 4.78 is 13.4. The average molecular weight is 232 g/mol. The van der Waals surface area contributed by atoms with Gasteiger partial charge in [0.2, 0.25) is 0 Å². The minimum Gasteiger partial charge on any atom is -0.388 e. The van der Waals surface area contributed by atoms with E-state index in [0.29, 0.717) is 17.8 Å². The van der Waals surface area contributed by atoms with Crippen molar-refractivity contribution in [1.29, 1.82) is 0 Å². The molecule has 0 saturated carbocycles. The van der Waals surface area contributed by atoms with E-state index in [0.717, 1.165) is 5.56 Å². The molecular formula is C13H13FN2O. The molecule has 0 fully saturated rings. The van der Waals surface area contributed by atoms with Gasteiger partial charge in [0.1, 0.15) is 11.6 Å². The van der Waals surface area contributed by atoms with Gasteiger partial charge < -0.3 is 10.8 Å². The molecule has 1 heterocycles. The lowest BCUT2D eigenvalue weighted by atomic mass is 10.0. The number of nitrogen functional groups attached to an aromatic ring is 1. The minimum absolute atomic E-state index is 0.294. The third-order valence-electron chi connectivity index (χ3n) is 2.54. The number of nitrogens with zero attached hydrogens (tertiary/aromatic N) is 1. The number of nitrogens with two attached hydrogens (primary N) is 1. The summed E-state index contributed by atoms with van der Waals surface area (Å²) in [7, 11) is 0. The molecule has 17 heavy (non-hydrogen) atoms. The van der Waals surface area contributed by atoms with Crippen molar-refractivity contribution in [2.24, 2.45) is 0 Å². The zero-order valence-corrected chi connectivity index (χ0v) is 9.18. The third-order valence-corrected chi connectivity index (χ3v) is 2.54. The number of aliphatic hydroxyl groups is 1. The number of halogens is 1. The Morgan fingerprint density at radius 1 is 1.29 bits per heavy atom. The number of aliphatic hydroxyl groups excluding tert-OH is 1. The maximum Gasteiger partial charge on any atom is 0.129 e. The second kappa shape index (κ2) is 4.93.